The van der Waals surface area contributed by atoms with E-state index in [0.29, 0.717) is 0 Å². The van der Waals surface area contributed by atoms with Crippen LogP contribution in [0.15, 0.2) is 36.8 Å². The lowest BCUT2D eigenvalue weighted by Crippen LogP contribution is -2.44. The Morgan fingerprint density at radius 1 is 0.973 bits per heavy atom. The highest BCUT2D eigenvalue weighted by Gasteiger charge is 2.15. The number of hydrogen-bond acceptors (Lipinski definition) is 5. The number of fused-ring (bicyclic) bond motifs is 1. The van der Waals surface area contributed by atoms with Gasteiger partial charge in [-0.2, -0.15) is 0 Å². The predicted molar refractivity (Wildman–Crippen MR) is 159 cm³/mol. The van der Waals surface area contributed by atoms with Gasteiger partial charge in [0.1, 0.15) is 11.4 Å². The van der Waals surface area contributed by atoms with Gasteiger partial charge in [0.2, 0.25) is 0 Å². The molecule has 0 saturated carbocycles. The molecular formula is C31H51N5O. The van der Waals surface area contributed by atoms with Gasteiger partial charge in [-0.1, -0.05) is 53.5 Å². The summed E-state index contributed by atoms with van der Waals surface area (Å²) in [6, 6.07) is 6.36. The van der Waals surface area contributed by atoms with Crippen LogP contribution >= 0.6 is 0 Å². The highest BCUT2D eigenvalue weighted by Crippen LogP contribution is 2.24. The van der Waals surface area contributed by atoms with E-state index in [9.17, 15) is 4.79 Å². The van der Waals surface area contributed by atoms with Gasteiger partial charge in [-0.15, -0.1) is 0 Å². The maximum Gasteiger partial charge on any atom is 0.136 e. The van der Waals surface area contributed by atoms with Gasteiger partial charge in [0, 0.05) is 62.6 Å². The number of piperazine rings is 1. The van der Waals surface area contributed by atoms with Crippen molar-refractivity contribution in [3.63, 3.8) is 0 Å². The van der Waals surface area contributed by atoms with Crippen molar-refractivity contribution in [1.82, 2.24) is 19.7 Å². The van der Waals surface area contributed by atoms with E-state index in [1.54, 1.807) is 6.92 Å². The van der Waals surface area contributed by atoms with Gasteiger partial charge in [0.05, 0.1) is 5.69 Å². The average Bonchev–Trinajstić information content (AvgIpc) is 3.26. The Kier molecular flexibility index (Phi) is 16.2. The van der Waals surface area contributed by atoms with Gasteiger partial charge >= 0.3 is 0 Å². The van der Waals surface area contributed by atoms with Crippen molar-refractivity contribution in [3.8, 4) is 0 Å². The monoisotopic (exact) mass is 509 g/mol. The molecule has 0 unspecified atom stereocenters. The van der Waals surface area contributed by atoms with Crippen molar-refractivity contribution in [2.24, 2.45) is 0 Å². The zero-order chi connectivity index (χ0) is 27.6. The lowest BCUT2D eigenvalue weighted by atomic mass is 10.1. The Hall–Kier alpha value is -2.73. The average molecular weight is 510 g/mol. The zero-order valence-corrected chi connectivity index (χ0v) is 24.7. The molecule has 0 spiro atoms. The number of carbonyl (C=O) groups is 1. The summed E-state index contributed by atoms with van der Waals surface area (Å²) in [5, 5.41) is 3.39. The molecule has 6 nitrogen and oxygen atoms in total. The third-order valence-electron chi connectivity index (χ3n) is 5.85. The van der Waals surface area contributed by atoms with E-state index in [1.165, 1.54) is 35.3 Å². The fraction of sp³-hybridized carbons (Fsp3) is 0.581. The van der Waals surface area contributed by atoms with Gasteiger partial charge in [-0.05, 0) is 63.3 Å². The Morgan fingerprint density at radius 3 is 2.19 bits per heavy atom. The summed E-state index contributed by atoms with van der Waals surface area (Å²) in [6.45, 7) is 20.8. The van der Waals surface area contributed by atoms with Crippen molar-refractivity contribution < 1.29 is 4.79 Å². The van der Waals surface area contributed by atoms with Gasteiger partial charge in [-0.3, -0.25) is 4.98 Å². The number of nitrogens with zero attached hydrogens (tertiary/aromatic N) is 4. The molecule has 0 aromatic carbocycles. The van der Waals surface area contributed by atoms with Crippen LogP contribution in [0.2, 0.25) is 0 Å². The smallest absolute Gasteiger partial charge is 0.136 e. The van der Waals surface area contributed by atoms with Crippen molar-refractivity contribution in [3.05, 3.63) is 59.3 Å². The second-order valence-corrected chi connectivity index (χ2v) is 9.58. The van der Waals surface area contributed by atoms with Crippen LogP contribution in [0.25, 0.3) is 5.65 Å². The van der Waals surface area contributed by atoms with Gasteiger partial charge in [-0.25, -0.2) is 4.98 Å². The molecule has 1 N–H and O–H groups in total. The van der Waals surface area contributed by atoms with E-state index in [1.807, 2.05) is 20.0 Å². The Bertz CT molecular complexity index is 1040. The zero-order valence-electron chi connectivity index (χ0n) is 24.7. The molecule has 0 aliphatic carbocycles. The number of rotatable bonds is 6. The van der Waals surface area contributed by atoms with E-state index in [-0.39, 0.29) is 5.78 Å². The highest BCUT2D eigenvalue weighted by atomic mass is 16.1. The number of ketones is 1. The standard InChI is InChI=1S/C13H21N3.C10H12N2.C5H10O.C3H8/c1-3-4-12-11(2)15-6-5-13(12)16-9-7-14-8-10-16;1-3-9-4-5-10-11-8(2)6-12(10)7-9;1-3-4-5(2)6;1-3-2/h5-6,14H,3-4,7-10H2,1-2H3;4-7H,3H2,1-2H3;3-4H2,1-2H3;3H2,1-2H3. The molecule has 4 rings (SSSR count). The van der Waals surface area contributed by atoms with Crippen molar-refractivity contribution in [1.29, 1.82) is 0 Å². The summed E-state index contributed by atoms with van der Waals surface area (Å²) >= 11 is 0. The summed E-state index contributed by atoms with van der Waals surface area (Å²) in [5.74, 6) is 0.289. The van der Waals surface area contributed by atoms with Gasteiger partial charge < -0.3 is 19.4 Å². The molecule has 206 valence electrons. The topological polar surface area (TPSA) is 62.5 Å². The third kappa shape index (κ3) is 11.9. The molecule has 4 heterocycles. The van der Waals surface area contributed by atoms with E-state index in [0.717, 1.165) is 63.2 Å². The summed E-state index contributed by atoms with van der Waals surface area (Å²) < 4.78 is 2.08. The second-order valence-electron chi connectivity index (χ2n) is 9.58. The lowest BCUT2D eigenvalue weighted by Gasteiger charge is -2.31. The molecule has 0 bridgehead atoms. The van der Waals surface area contributed by atoms with Gasteiger partial charge in [0.25, 0.3) is 0 Å². The Labute approximate surface area is 225 Å². The molecule has 37 heavy (non-hydrogen) atoms. The lowest BCUT2D eigenvalue weighted by molar-refractivity contribution is -0.117. The summed E-state index contributed by atoms with van der Waals surface area (Å²) in [5.41, 5.74) is 7.48. The molecule has 0 radical (unpaired) electrons. The molecule has 1 aliphatic rings. The van der Waals surface area contributed by atoms with Crippen LogP contribution in [-0.4, -0.2) is 46.3 Å². The Morgan fingerprint density at radius 2 is 1.65 bits per heavy atom. The quantitative estimate of drug-likeness (QED) is 0.398. The predicted octanol–water partition coefficient (Wildman–Crippen LogP) is 6.75. The van der Waals surface area contributed by atoms with Crippen LogP contribution < -0.4 is 10.2 Å². The Balaban J connectivity index is 0.000000287. The minimum atomic E-state index is 0.289. The minimum absolute atomic E-state index is 0.289. The number of hydrogen-bond donors (Lipinski definition) is 1. The van der Waals surface area contributed by atoms with Crippen molar-refractivity contribution >= 4 is 17.1 Å². The first kappa shape index (κ1) is 32.3. The minimum Gasteiger partial charge on any atom is -0.369 e. The molecule has 3 aromatic heterocycles. The van der Waals surface area contributed by atoms with E-state index in [2.05, 4.69) is 89.8 Å². The number of pyridine rings is 2. The number of nitrogens with one attached hydrogen (secondary N) is 1. The van der Waals surface area contributed by atoms with Crippen molar-refractivity contribution in [2.75, 3.05) is 31.1 Å². The maximum atomic E-state index is 10.0. The maximum absolute atomic E-state index is 10.0. The van der Waals surface area contributed by atoms with E-state index < -0.39 is 0 Å². The fourth-order valence-corrected chi connectivity index (χ4v) is 4.07. The number of Topliss-reactive ketones (excluding diaryl/α,β-unsaturated/α-hetero) is 1. The molecule has 6 heteroatoms. The van der Waals surface area contributed by atoms with Crippen molar-refractivity contribution in [2.45, 2.75) is 93.9 Å². The normalized spacial score (nSPS) is 12.5. The molecule has 1 aliphatic heterocycles. The molecule has 3 aromatic rings. The third-order valence-corrected chi connectivity index (χ3v) is 5.85. The van der Waals surface area contributed by atoms with Gasteiger partial charge in [0.15, 0.2) is 0 Å². The number of aryl methyl sites for hydroxylation is 3. The number of aromatic nitrogens is 3. The molecular weight excluding hydrogens is 458 g/mol. The summed E-state index contributed by atoms with van der Waals surface area (Å²) in [7, 11) is 0. The second kappa shape index (κ2) is 18.5. The fourth-order valence-electron chi connectivity index (χ4n) is 4.07. The number of carbonyl (C=O) groups excluding carboxylic acids is 1. The van der Waals surface area contributed by atoms with Crippen LogP contribution in [0.5, 0.6) is 0 Å². The van der Waals surface area contributed by atoms with Crippen LogP contribution in [0, 0.1) is 13.8 Å². The SMILES string of the molecule is CCC.CCCC(C)=O.CCCc1c(N2CCNCC2)ccnc1C.CCc1ccc2nc(C)cn2c1. The first-order valence-electron chi connectivity index (χ1n) is 14.1. The molecule has 1 fully saturated rings. The largest absolute Gasteiger partial charge is 0.369 e. The first-order chi connectivity index (χ1) is 17.8. The van der Waals surface area contributed by atoms with Crippen LogP contribution in [0.4, 0.5) is 5.69 Å². The molecule has 1 saturated heterocycles. The first-order valence-corrected chi connectivity index (χ1v) is 14.1. The molecule has 0 atom stereocenters. The van der Waals surface area contributed by atoms with E-state index >= 15 is 0 Å². The number of anilines is 1. The van der Waals surface area contributed by atoms with Crippen LogP contribution in [0.1, 0.15) is 89.7 Å². The summed E-state index contributed by atoms with van der Waals surface area (Å²) in [4.78, 5) is 21.3. The molecule has 0 amide bonds. The summed E-state index contributed by atoms with van der Waals surface area (Å²) in [6.07, 6.45) is 12.5. The van der Waals surface area contributed by atoms with Crippen LogP contribution in [-0.2, 0) is 17.6 Å². The van der Waals surface area contributed by atoms with E-state index in [4.69, 9.17) is 0 Å². The van der Waals surface area contributed by atoms with Crippen LogP contribution in [0.3, 0.4) is 0 Å². The number of imidazole rings is 1. The highest BCUT2D eigenvalue weighted by molar-refractivity contribution is 5.75.